The van der Waals surface area contributed by atoms with E-state index in [1.807, 2.05) is 13.8 Å². The van der Waals surface area contributed by atoms with Gasteiger partial charge in [-0.1, -0.05) is 19.9 Å². The van der Waals surface area contributed by atoms with Crippen LogP contribution in [0.15, 0.2) is 46.7 Å². The van der Waals surface area contributed by atoms with Crippen molar-refractivity contribution >= 4 is 23.9 Å². The third-order valence-electron chi connectivity index (χ3n) is 4.26. The van der Waals surface area contributed by atoms with Crippen LogP contribution in [0.1, 0.15) is 36.4 Å². The van der Waals surface area contributed by atoms with E-state index >= 15 is 0 Å². The summed E-state index contributed by atoms with van der Waals surface area (Å²) in [5.74, 6) is -1.40. The molecule has 2 amide bonds. The second-order valence-corrected chi connectivity index (χ2v) is 7.10. The van der Waals surface area contributed by atoms with Crippen LogP contribution in [0.4, 0.5) is 0 Å². The lowest BCUT2D eigenvalue weighted by Gasteiger charge is -2.18. The van der Waals surface area contributed by atoms with Crippen LogP contribution < -0.4 is 20.1 Å². The van der Waals surface area contributed by atoms with Gasteiger partial charge in [0.2, 0.25) is 6.79 Å². The first kappa shape index (κ1) is 21.0. The Morgan fingerprint density at radius 3 is 2.60 bits per heavy atom. The fourth-order valence-electron chi connectivity index (χ4n) is 2.85. The van der Waals surface area contributed by atoms with Crippen molar-refractivity contribution in [2.75, 3.05) is 6.79 Å². The number of hydrogen-bond acceptors (Lipinski definition) is 6. The number of benzene rings is 1. The van der Waals surface area contributed by atoms with Gasteiger partial charge in [-0.2, -0.15) is 0 Å². The van der Waals surface area contributed by atoms with Gasteiger partial charge in [-0.05, 0) is 48.2 Å². The van der Waals surface area contributed by atoms with E-state index in [4.69, 9.17) is 13.9 Å². The van der Waals surface area contributed by atoms with E-state index in [2.05, 4.69) is 10.6 Å². The average molecular weight is 414 g/mol. The largest absolute Gasteiger partial charge is 0.480 e. The molecule has 3 rings (SSSR count). The fourth-order valence-corrected chi connectivity index (χ4v) is 2.85. The Morgan fingerprint density at radius 2 is 1.93 bits per heavy atom. The zero-order chi connectivity index (χ0) is 21.7. The van der Waals surface area contributed by atoms with Crippen molar-refractivity contribution in [1.82, 2.24) is 10.6 Å². The van der Waals surface area contributed by atoms with E-state index < -0.39 is 23.8 Å². The van der Waals surface area contributed by atoms with E-state index in [0.29, 0.717) is 17.1 Å². The molecule has 0 radical (unpaired) electrons. The molecule has 1 aromatic heterocycles. The number of furan rings is 1. The molecular weight excluding hydrogens is 392 g/mol. The maximum atomic E-state index is 12.8. The number of aliphatic carboxylic acids is 1. The number of hydrogen-bond donors (Lipinski definition) is 3. The molecule has 0 aliphatic carbocycles. The van der Waals surface area contributed by atoms with Crippen molar-refractivity contribution in [2.24, 2.45) is 5.92 Å². The minimum Gasteiger partial charge on any atom is -0.480 e. The van der Waals surface area contributed by atoms with Crippen molar-refractivity contribution in [3.63, 3.8) is 0 Å². The van der Waals surface area contributed by atoms with Gasteiger partial charge in [0.15, 0.2) is 17.3 Å². The number of carboxylic acid groups (broad SMARTS) is 1. The first-order chi connectivity index (χ1) is 14.3. The van der Waals surface area contributed by atoms with Gasteiger partial charge in [0.25, 0.3) is 11.8 Å². The van der Waals surface area contributed by atoms with E-state index in [9.17, 15) is 19.5 Å². The molecule has 3 N–H and O–H groups in total. The molecule has 158 valence electrons. The third kappa shape index (κ3) is 5.19. The van der Waals surface area contributed by atoms with Crippen LogP contribution in [-0.4, -0.2) is 35.7 Å². The Hall–Kier alpha value is -3.75. The van der Waals surface area contributed by atoms with Gasteiger partial charge >= 0.3 is 5.97 Å². The molecule has 1 aromatic carbocycles. The molecule has 30 heavy (non-hydrogen) atoms. The highest BCUT2D eigenvalue weighted by Crippen LogP contribution is 2.33. The van der Waals surface area contributed by atoms with Gasteiger partial charge in [0.1, 0.15) is 11.7 Å². The predicted molar refractivity (Wildman–Crippen MR) is 106 cm³/mol. The molecule has 0 saturated carbocycles. The van der Waals surface area contributed by atoms with E-state index in [0.717, 1.165) is 0 Å². The number of nitrogens with one attached hydrogen (secondary N) is 2. The number of carbonyl (C=O) groups is 3. The first-order valence-corrected chi connectivity index (χ1v) is 9.33. The van der Waals surface area contributed by atoms with Crippen molar-refractivity contribution < 1.29 is 33.4 Å². The van der Waals surface area contributed by atoms with Crippen molar-refractivity contribution in [3.05, 3.63) is 53.6 Å². The summed E-state index contributed by atoms with van der Waals surface area (Å²) in [6, 6.07) is 6.90. The van der Waals surface area contributed by atoms with Crippen molar-refractivity contribution in [3.8, 4) is 11.5 Å². The number of amides is 2. The van der Waals surface area contributed by atoms with E-state index in [1.165, 1.54) is 18.4 Å². The second kappa shape index (κ2) is 9.17. The fraction of sp³-hybridized carbons (Fsp3) is 0.286. The number of carboxylic acids is 1. The summed E-state index contributed by atoms with van der Waals surface area (Å²) in [4.78, 5) is 36.8. The Morgan fingerprint density at radius 1 is 1.17 bits per heavy atom. The van der Waals surface area contributed by atoms with Gasteiger partial charge in [0.05, 0.1) is 6.26 Å². The van der Waals surface area contributed by atoms with Crippen molar-refractivity contribution in [2.45, 2.75) is 26.3 Å². The normalized spacial score (nSPS) is 13.8. The molecule has 9 nitrogen and oxygen atoms in total. The maximum absolute atomic E-state index is 12.8. The minimum atomic E-state index is -1.16. The molecule has 0 spiro atoms. The Bertz CT molecular complexity index is 964. The highest BCUT2D eigenvalue weighted by molar-refractivity contribution is 6.05. The van der Waals surface area contributed by atoms with Gasteiger partial charge < -0.3 is 29.6 Å². The lowest BCUT2D eigenvalue weighted by atomic mass is 10.0. The van der Waals surface area contributed by atoms with Crippen LogP contribution in [0, 0.1) is 5.92 Å². The molecular formula is C21H22N2O7. The number of rotatable bonds is 8. The third-order valence-corrected chi connectivity index (χ3v) is 4.26. The lowest BCUT2D eigenvalue weighted by Crippen LogP contribution is -2.44. The summed E-state index contributed by atoms with van der Waals surface area (Å²) in [6.07, 6.45) is 3.00. The number of fused-ring (bicyclic) bond motifs is 1. The number of ether oxygens (including phenoxy) is 2. The Labute approximate surface area is 172 Å². The SMILES string of the molecule is CC(C)C[C@@H](NC(=O)/C(=C\c1ccc2c(c1)OCO2)NC(=O)c1ccco1)C(=O)O. The quantitative estimate of drug-likeness (QED) is 0.566. The van der Waals surface area contributed by atoms with Crippen LogP contribution in [0.25, 0.3) is 6.08 Å². The topological polar surface area (TPSA) is 127 Å². The zero-order valence-corrected chi connectivity index (χ0v) is 16.5. The van der Waals surface area contributed by atoms with Crippen LogP contribution in [0.3, 0.4) is 0 Å². The Kier molecular flexibility index (Phi) is 6.41. The van der Waals surface area contributed by atoms with Crippen LogP contribution in [0.5, 0.6) is 11.5 Å². The van der Waals surface area contributed by atoms with Crippen LogP contribution >= 0.6 is 0 Å². The minimum absolute atomic E-state index is 0.0105. The van der Waals surface area contributed by atoms with E-state index in [-0.39, 0.29) is 30.6 Å². The molecule has 9 heteroatoms. The summed E-state index contributed by atoms with van der Waals surface area (Å²) in [7, 11) is 0. The second-order valence-electron chi connectivity index (χ2n) is 7.10. The molecule has 0 bridgehead atoms. The summed E-state index contributed by atoms with van der Waals surface area (Å²) in [6.45, 7) is 3.80. The smallest absolute Gasteiger partial charge is 0.326 e. The van der Waals surface area contributed by atoms with Gasteiger partial charge in [0, 0.05) is 0 Å². The van der Waals surface area contributed by atoms with E-state index in [1.54, 1.807) is 24.3 Å². The molecule has 2 heterocycles. The molecule has 2 aromatic rings. The van der Waals surface area contributed by atoms with Gasteiger partial charge in [-0.25, -0.2) is 4.79 Å². The van der Waals surface area contributed by atoms with Gasteiger partial charge in [-0.3, -0.25) is 9.59 Å². The van der Waals surface area contributed by atoms with Gasteiger partial charge in [-0.15, -0.1) is 0 Å². The predicted octanol–water partition coefficient (Wildman–Crippen LogP) is 2.39. The average Bonchev–Trinajstić information content (AvgIpc) is 3.37. The highest BCUT2D eigenvalue weighted by Gasteiger charge is 2.24. The standard InChI is InChI=1S/C21H22N2O7/c1-12(2)8-15(21(26)27)23-19(24)14(22-20(25)17-4-3-7-28-17)9-13-5-6-16-18(10-13)30-11-29-16/h3-7,9-10,12,15H,8,11H2,1-2H3,(H,22,25)(H,23,24)(H,26,27)/b14-9+/t15-/m1/s1. The zero-order valence-electron chi connectivity index (χ0n) is 16.5. The molecule has 0 unspecified atom stereocenters. The Balaban J connectivity index is 1.87. The van der Waals surface area contributed by atoms with Crippen LogP contribution in [-0.2, 0) is 9.59 Å². The summed E-state index contributed by atoms with van der Waals surface area (Å²) < 4.78 is 15.7. The van der Waals surface area contributed by atoms with Crippen LogP contribution in [0.2, 0.25) is 0 Å². The summed E-state index contributed by atoms with van der Waals surface area (Å²) in [5.41, 5.74) is 0.421. The molecule has 0 saturated heterocycles. The summed E-state index contributed by atoms with van der Waals surface area (Å²) in [5, 5.41) is 14.4. The molecule has 1 aliphatic rings. The monoisotopic (exact) mass is 414 g/mol. The summed E-state index contributed by atoms with van der Waals surface area (Å²) >= 11 is 0. The highest BCUT2D eigenvalue weighted by atomic mass is 16.7. The number of carbonyl (C=O) groups excluding carboxylic acids is 2. The maximum Gasteiger partial charge on any atom is 0.326 e. The first-order valence-electron chi connectivity index (χ1n) is 9.33. The molecule has 1 aliphatic heterocycles. The lowest BCUT2D eigenvalue weighted by molar-refractivity contribution is -0.141. The molecule has 1 atom stereocenters. The molecule has 0 fully saturated rings. The van der Waals surface area contributed by atoms with Crippen molar-refractivity contribution in [1.29, 1.82) is 0 Å².